The fourth-order valence-electron chi connectivity index (χ4n) is 3.08. The first-order valence-corrected chi connectivity index (χ1v) is 10.2. The van der Waals surface area contributed by atoms with Gasteiger partial charge in [0.15, 0.2) is 0 Å². The molecule has 0 unspecified atom stereocenters. The van der Waals surface area contributed by atoms with Gasteiger partial charge in [0.25, 0.3) is 6.20 Å². The number of nitrogens with zero attached hydrogens (tertiary/aromatic N) is 6. The Morgan fingerprint density at radius 1 is 1.14 bits per heavy atom. The highest BCUT2D eigenvalue weighted by Crippen LogP contribution is 2.31. The van der Waals surface area contributed by atoms with Gasteiger partial charge in [0.1, 0.15) is 5.69 Å². The van der Waals surface area contributed by atoms with Crippen LogP contribution in [0.4, 0.5) is 24.7 Å². The number of amidine groups is 1. The maximum absolute atomic E-state index is 12.8. The minimum atomic E-state index is -4.53. The molecule has 14 heteroatoms. The number of ether oxygens (including phenoxy) is 2. The van der Waals surface area contributed by atoms with Crippen molar-refractivity contribution in [3.63, 3.8) is 0 Å². The van der Waals surface area contributed by atoms with Gasteiger partial charge in [-0.05, 0) is 28.9 Å². The second-order valence-corrected chi connectivity index (χ2v) is 7.21. The van der Waals surface area contributed by atoms with Crippen LogP contribution in [0.3, 0.4) is 0 Å². The number of hydrogen-bond acceptors (Lipinski definition) is 9. The summed E-state index contributed by atoms with van der Waals surface area (Å²) in [7, 11) is 2.96. The lowest BCUT2D eigenvalue weighted by Crippen LogP contribution is -2.35. The number of halogens is 3. The smallest absolute Gasteiger partial charge is 0.416 e. The second kappa shape index (κ2) is 10.2. The summed E-state index contributed by atoms with van der Waals surface area (Å²) < 4.78 is 55.2. The average molecular weight is 501 g/mol. The fourth-order valence-corrected chi connectivity index (χ4v) is 3.08. The molecule has 1 N–H and O–H groups in total. The Morgan fingerprint density at radius 3 is 2.67 bits per heavy atom. The summed E-state index contributed by atoms with van der Waals surface area (Å²) in [5.41, 5.74) is 1.02. The maximum atomic E-state index is 12.8. The molecule has 4 aromatic rings. The monoisotopic (exact) mass is 501 g/mol. The predicted octanol–water partition coefficient (Wildman–Crippen LogP) is 2.36. The third-order valence-corrected chi connectivity index (χ3v) is 4.75. The molecular weight excluding hydrogens is 483 g/mol. The Labute approximate surface area is 201 Å². The first-order chi connectivity index (χ1) is 17.2. The number of alkyl halides is 3. The van der Waals surface area contributed by atoms with Crippen LogP contribution in [0.5, 0.6) is 11.8 Å². The van der Waals surface area contributed by atoms with Crippen molar-refractivity contribution in [1.29, 1.82) is 0 Å². The molecule has 1 aromatic carbocycles. The van der Waals surface area contributed by atoms with Crippen LogP contribution in [0, 0.1) is 0 Å². The molecule has 3 heterocycles. The predicted molar refractivity (Wildman–Crippen MR) is 116 cm³/mol. The molecule has 0 aliphatic heterocycles. The minimum Gasteiger partial charge on any atom is -0.846 e. The van der Waals surface area contributed by atoms with Gasteiger partial charge in [-0.25, -0.2) is 4.99 Å². The highest BCUT2D eigenvalue weighted by molar-refractivity contribution is 5.87. The van der Waals surface area contributed by atoms with Gasteiger partial charge in [-0.1, -0.05) is 12.1 Å². The van der Waals surface area contributed by atoms with E-state index in [-0.39, 0.29) is 18.1 Å². The summed E-state index contributed by atoms with van der Waals surface area (Å²) >= 11 is 0. The van der Waals surface area contributed by atoms with E-state index in [1.54, 1.807) is 24.4 Å². The quantitative estimate of drug-likeness (QED) is 0.230. The number of aromatic nitrogens is 5. The molecule has 0 fully saturated rings. The molecule has 186 valence electrons. The molecule has 0 spiro atoms. The molecule has 0 aliphatic rings. The van der Waals surface area contributed by atoms with E-state index in [2.05, 4.69) is 30.8 Å². The van der Waals surface area contributed by atoms with Crippen molar-refractivity contribution < 1.29 is 37.0 Å². The van der Waals surface area contributed by atoms with Crippen molar-refractivity contribution in [3.05, 3.63) is 66.1 Å². The molecule has 0 bridgehead atoms. The van der Waals surface area contributed by atoms with Crippen LogP contribution >= 0.6 is 0 Å². The Bertz CT molecular complexity index is 1370. The molecule has 0 saturated heterocycles. The van der Waals surface area contributed by atoms with Crippen molar-refractivity contribution in [3.8, 4) is 22.9 Å². The lowest BCUT2D eigenvalue weighted by atomic mass is 10.1. The molecule has 36 heavy (non-hydrogen) atoms. The molecule has 4 rings (SSSR count). The van der Waals surface area contributed by atoms with E-state index in [1.165, 1.54) is 37.2 Å². The van der Waals surface area contributed by atoms with E-state index in [0.29, 0.717) is 23.0 Å². The molecule has 0 amide bonds. The van der Waals surface area contributed by atoms with E-state index in [1.807, 2.05) is 0 Å². The van der Waals surface area contributed by atoms with Gasteiger partial charge in [-0.15, -0.1) is 10.2 Å². The second-order valence-electron chi connectivity index (χ2n) is 7.21. The molecule has 0 saturated carbocycles. The van der Waals surface area contributed by atoms with Gasteiger partial charge in [-0.2, -0.15) is 13.2 Å². The van der Waals surface area contributed by atoms with Crippen LogP contribution < -0.4 is 24.6 Å². The Morgan fingerprint density at radius 2 is 1.97 bits per heavy atom. The topological polar surface area (TPSA) is 134 Å². The van der Waals surface area contributed by atoms with Crippen LogP contribution in [0.1, 0.15) is 11.3 Å². The van der Waals surface area contributed by atoms with Crippen LogP contribution in [0.25, 0.3) is 11.1 Å². The molecule has 0 aliphatic carbocycles. The summed E-state index contributed by atoms with van der Waals surface area (Å²) in [6.45, 7) is 0.198. The van der Waals surface area contributed by atoms with E-state index in [0.717, 1.165) is 17.7 Å². The number of benzene rings is 1. The van der Waals surface area contributed by atoms with Crippen molar-refractivity contribution in [1.82, 2.24) is 20.5 Å². The van der Waals surface area contributed by atoms with Gasteiger partial charge in [0, 0.05) is 23.5 Å². The Hall–Kier alpha value is -4.75. The zero-order valence-corrected chi connectivity index (χ0v) is 18.9. The van der Waals surface area contributed by atoms with Crippen LogP contribution in [0.2, 0.25) is 0 Å². The largest absolute Gasteiger partial charge is 0.846 e. The normalized spacial score (nSPS) is 11.9. The molecule has 3 aromatic heterocycles. The molecule has 0 radical (unpaired) electrons. The van der Waals surface area contributed by atoms with E-state index < -0.39 is 17.8 Å². The maximum Gasteiger partial charge on any atom is 0.416 e. The Balaban J connectivity index is 1.43. The van der Waals surface area contributed by atoms with Crippen LogP contribution in [-0.4, -0.2) is 40.7 Å². The van der Waals surface area contributed by atoms with Crippen LogP contribution in [-0.2, 0) is 12.7 Å². The summed E-state index contributed by atoms with van der Waals surface area (Å²) in [4.78, 5) is 8.04. The highest BCUT2D eigenvalue weighted by Gasteiger charge is 2.30. The SMILES string of the molecule is COc1cc(-c2ccc(C[n+]3cc(N=C([O-])Nc4cccc(C(F)(F)F)c4)on3)nc2)c(OC)nn1. The number of rotatable bonds is 7. The number of anilines is 1. The molecule has 11 nitrogen and oxygen atoms in total. The summed E-state index contributed by atoms with van der Waals surface area (Å²) in [5.74, 6) is 0.489. The van der Waals surface area contributed by atoms with E-state index in [9.17, 15) is 18.3 Å². The number of aliphatic imine (C=N–C) groups is 1. The average Bonchev–Trinajstić information content (AvgIpc) is 3.30. The zero-order chi connectivity index (χ0) is 25.7. The third kappa shape index (κ3) is 5.84. The Kier molecular flexibility index (Phi) is 6.94. The van der Waals surface area contributed by atoms with Gasteiger partial charge >= 0.3 is 12.1 Å². The number of nitrogens with one attached hydrogen (secondary N) is 1. The summed E-state index contributed by atoms with van der Waals surface area (Å²) in [6.07, 6.45) is -1.57. The van der Waals surface area contributed by atoms with Gasteiger partial charge in [-0.3, -0.25) is 9.51 Å². The van der Waals surface area contributed by atoms with Gasteiger partial charge in [0.05, 0.1) is 31.4 Å². The first kappa shape index (κ1) is 24.4. The number of pyridine rings is 1. The van der Waals surface area contributed by atoms with E-state index in [4.69, 9.17) is 14.0 Å². The molecule has 0 atom stereocenters. The van der Waals surface area contributed by atoms with Gasteiger partial charge < -0.3 is 19.9 Å². The summed E-state index contributed by atoms with van der Waals surface area (Å²) in [6, 6.07) is 8.49. The van der Waals surface area contributed by atoms with Crippen molar-refractivity contribution in [2.75, 3.05) is 19.5 Å². The first-order valence-electron chi connectivity index (χ1n) is 10.2. The lowest BCUT2D eigenvalue weighted by molar-refractivity contribution is -0.755. The zero-order valence-electron chi connectivity index (χ0n) is 18.9. The van der Waals surface area contributed by atoms with Crippen LogP contribution in [0.15, 0.2) is 64.4 Å². The highest BCUT2D eigenvalue weighted by atomic mass is 19.4. The standard InChI is InChI=1S/C22H18F3N7O4/c1-34-18-9-17(20(35-2)30-29-18)13-6-7-16(26-10-13)11-32-12-19(36-31-32)28-21(33)27-15-5-3-4-14(8-15)22(23,24)25/h3-10,12H,11H2,1-2H3,(H-,27,28,31,33). The number of hydrogen-bond donors (Lipinski definition) is 1. The summed E-state index contributed by atoms with van der Waals surface area (Å²) in [5, 5.41) is 25.9. The van der Waals surface area contributed by atoms with Gasteiger partial charge in [0.2, 0.25) is 23.6 Å². The third-order valence-electron chi connectivity index (χ3n) is 4.75. The van der Waals surface area contributed by atoms with Crippen molar-refractivity contribution in [2.24, 2.45) is 4.99 Å². The van der Waals surface area contributed by atoms with Crippen molar-refractivity contribution >= 4 is 17.6 Å². The lowest BCUT2D eigenvalue weighted by Gasteiger charge is -2.14. The van der Waals surface area contributed by atoms with E-state index >= 15 is 0 Å². The van der Waals surface area contributed by atoms with Crippen molar-refractivity contribution in [2.45, 2.75) is 12.7 Å². The number of methoxy groups -OCH3 is 2. The minimum absolute atomic E-state index is 0.0612. The molecular formula is C22H18F3N7O4. The fraction of sp³-hybridized carbons (Fsp3) is 0.182.